The summed E-state index contributed by atoms with van der Waals surface area (Å²) in [5, 5.41) is 0. The van der Waals surface area contributed by atoms with Crippen molar-refractivity contribution < 1.29 is 92.2 Å². The number of alkyl halides is 17. The van der Waals surface area contributed by atoms with Gasteiger partial charge >= 0.3 is 47.6 Å². The van der Waals surface area contributed by atoms with Crippen LogP contribution in [0.2, 0.25) is 0 Å². The van der Waals surface area contributed by atoms with Gasteiger partial charge in [-0.15, -0.1) is 0 Å². The molecule has 1 nitrogen and oxygen atoms in total. The Morgan fingerprint density at radius 3 is 0.972 bits per heavy atom. The fourth-order valence-electron chi connectivity index (χ4n) is 2.28. The lowest BCUT2D eigenvalue weighted by Crippen LogP contribution is -2.74. The van der Waals surface area contributed by atoms with E-state index >= 15 is 0 Å². The van der Waals surface area contributed by atoms with Crippen molar-refractivity contribution in [3.05, 3.63) is 28.8 Å². The first kappa shape index (κ1) is 31.6. The summed E-state index contributed by atoms with van der Waals surface area (Å²) < 4.78 is 277. The van der Waals surface area contributed by atoms with Gasteiger partial charge in [0.25, 0.3) is 0 Å². The summed E-state index contributed by atoms with van der Waals surface area (Å²) in [7, 11) is 0. The van der Waals surface area contributed by atoms with E-state index < -0.39 is 82.2 Å². The lowest BCUT2D eigenvalue weighted by molar-refractivity contribution is -0.462. The fraction of sp³-hybridized carbons (Fsp3) is 0.571. The van der Waals surface area contributed by atoms with Crippen LogP contribution in [0.25, 0.3) is 0 Å². The molecule has 0 unspecified atom stereocenters. The molecule has 0 amide bonds. The Morgan fingerprint density at radius 2 is 0.639 bits per heavy atom. The van der Waals surface area contributed by atoms with E-state index in [9.17, 15) is 92.2 Å². The minimum Gasteiger partial charge on any atom is -0.396 e. The van der Waals surface area contributed by atoms with E-state index in [2.05, 4.69) is 5.73 Å². The molecule has 1 rings (SSSR count). The smallest absolute Gasteiger partial charge is 0.396 e. The van der Waals surface area contributed by atoms with Gasteiger partial charge in [-0.2, -0.15) is 74.6 Å². The van der Waals surface area contributed by atoms with Crippen LogP contribution >= 0.6 is 0 Å². The van der Waals surface area contributed by atoms with Crippen LogP contribution in [-0.2, 0) is 5.92 Å². The molecule has 0 saturated heterocycles. The third-order valence-corrected chi connectivity index (χ3v) is 4.34. The molecule has 1 aromatic carbocycles. The molecule has 0 aliphatic heterocycles. The Labute approximate surface area is 181 Å². The number of nitrogen functional groups attached to an aromatic ring is 1. The molecule has 2 N–H and O–H groups in total. The lowest BCUT2D eigenvalue weighted by atomic mass is 9.86. The van der Waals surface area contributed by atoms with Gasteiger partial charge in [-0.25, -0.2) is 17.6 Å². The number of anilines is 1. The van der Waals surface area contributed by atoms with Crippen LogP contribution in [0, 0.1) is 23.3 Å². The van der Waals surface area contributed by atoms with Gasteiger partial charge in [-0.3, -0.25) is 0 Å². The van der Waals surface area contributed by atoms with Gasteiger partial charge in [-0.1, -0.05) is 0 Å². The van der Waals surface area contributed by atoms with Crippen molar-refractivity contribution in [3.63, 3.8) is 0 Å². The van der Waals surface area contributed by atoms with Crippen LogP contribution in [0.15, 0.2) is 0 Å². The van der Waals surface area contributed by atoms with E-state index in [1.54, 1.807) is 0 Å². The van der Waals surface area contributed by atoms with E-state index in [1.807, 2.05) is 0 Å². The van der Waals surface area contributed by atoms with Crippen molar-refractivity contribution in [1.82, 2.24) is 0 Å². The van der Waals surface area contributed by atoms with Gasteiger partial charge in [0.05, 0.1) is 11.3 Å². The van der Waals surface area contributed by atoms with Crippen LogP contribution in [-0.4, -0.2) is 41.7 Å². The highest BCUT2D eigenvalue weighted by atomic mass is 19.4. The third-order valence-electron chi connectivity index (χ3n) is 4.34. The van der Waals surface area contributed by atoms with E-state index in [1.165, 1.54) is 0 Å². The van der Waals surface area contributed by atoms with Crippen LogP contribution < -0.4 is 5.73 Å². The van der Waals surface area contributed by atoms with Crippen molar-refractivity contribution in [1.29, 1.82) is 0 Å². The van der Waals surface area contributed by atoms with E-state index in [-0.39, 0.29) is 0 Å². The topological polar surface area (TPSA) is 26.0 Å². The lowest BCUT2D eigenvalue weighted by Gasteiger charge is -2.43. The quantitative estimate of drug-likeness (QED) is 0.155. The molecule has 0 spiro atoms. The molecular weight excluding hydrogens is 581 g/mol. The van der Waals surface area contributed by atoms with E-state index in [0.29, 0.717) is 0 Å². The van der Waals surface area contributed by atoms with Crippen LogP contribution in [0.1, 0.15) is 5.56 Å². The van der Waals surface area contributed by atoms with Crippen molar-refractivity contribution in [2.24, 2.45) is 0 Å². The maximum absolute atomic E-state index is 14.0. The van der Waals surface area contributed by atoms with Gasteiger partial charge in [-0.05, 0) is 0 Å². The summed E-state index contributed by atoms with van der Waals surface area (Å²) in [4.78, 5) is 0. The first-order valence-electron chi connectivity index (χ1n) is 7.76. The first-order chi connectivity index (χ1) is 15.4. The molecule has 0 heterocycles. The highest BCUT2D eigenvalue weighted by Crippen LogP contribution is 2.65. The van der Waals surface area contributed by atoms with Crippen molar-refractivity contribution in [2.75, 3.05) is 5.73 Å². The zero-order valence-corrected chi connectivity index (χ0v) is 15.5. The Balaban J connectivity index is 3.94. The SMILES string of the molecule is Nc1c(F)c(F)c(F)c(F)c1C(F)(F)C(F)(F)C(F)(F)C(F)(F)C(F)(F)C(F)(F)C(F)(F)C(F)(F)F. The maximum Gasteiger partial charge on any atom is 0.460 e. The Morgan fingerprint density at radius 1 is 0.361 bits per heavy atom. The molecule has 36 heavy (non-hydrogen) atoms. The summed E-state index contributed by atoms with van der Waals surface area (Å²) in [6.07, 6.45) is -7.96. The minimum atomic E-state index is -9.01. The second-order valence-electron chi connectivity index (χ2n) is 6.56. The summed E-state index contributed by atoms with van der Waals surface area (Å²) >= 11 is 0. The van der Waals surface area contributed by atoms with Gasteiger partial charge in [0.15, 0.2) is 23.3 Å². The van der Waals surface area contributed by atoms with Crippen LogP contribution in [0.5, 0.6) is 0 Å². The molecule has 0 aliphatic rings. The number of rotatable bonds is 7. The highest BCUT2D eigenvalue weighted by molar-refractivity contribution is 5.53. The number of hydrogen-bond acceptors (Lipinski definition) is 1. The molecule has 0 radical (unpaired) electrons. The zero-order valence-electron chi connectivity index (χ0n) is 15.5. The molecule has 0 saturated carbocycles. The standard InChI is InChI=1S/C14H2F21N/c15-2-1(6(36)5(18)4(17)3(2)16)7(19,20)8(21,22)9(23,24)10(25,26)11(27,28)12(29,30)13(31,32)14(33,34)35/h36H2. The summed E-state index contributed by atoms with van der Waals surface area (Å²) in [5.41, 5.74) is -2.88. The Bertz CT molecular complexity index is 989. The van der Waals surface area contributed by atoms with Gasteiger partial charge in [0, 0.05) is 0 Å². The first-order valence-corrected chi connectivity index (χ1v) is 7.76. The monoisotopic (exact) mass is 583 g/mol. The van der Waals surface area contributed by atoms with E-state index in [0.717, 1.165) is 0 Å². The molecule has 22 heteroatoms. The molecule has 210 valence electrons. The predicted octanol–water partition coefficient (Wildman–Crippen LogP) is 7.29. The van der Waals surface area contributed by atoms with Gasteiger partial charge < -0.3 is 5.73 Å². The zero-order chi connectivity index (χ0) is 29.5. The summed E-state index contributed by atoms with van der Waals surface area (Å²) in [5.74, 6) is -74.1. The number of nitrogens with two attached hydrogens (primary N) is 1. The van der Waals surface area contributed by atoms with E-state index in [4.69, 9.17) is 0 Å². The second kappa shape index (κ2) is 8.02. The average molecular weight is 583 g/mol. The molecule has 0 aliphatic carbocycles. The maximum atomic E-state index is 14.0. The molecule has 0 bridgehead atoms. The molecule has 0 aromatic heterocycles. The largest absolute Gasteiger partial charge is 0.460 e. The summed E-state index contributed by atoms with van der Waals surface area (Å²) in [6.45, 7) is 0. The van der Waals surface area contributed by atoms with Gasteiger partial charge in [0.2, 0.25) is 0 Å². The van der Waals surface area contributed by atoms with Crippen molar-refractivity contribution in [2.45, 2.75) is 47.6 Å². The number of halogens is 21. The predicted molar refractivity (Wildman–Crippen MR) is 70.3 cm³/mol. The average Bonchev–Trinajstić information content (AvgIpc) is 2.68. The molecule has 0 atom stereocenters. The number of benzene rings is 1. The second-order valence-corrected chi connectivity index (χ2v) is 6.56. The normalized spacial score (nSPS) is 15.5. The van der Waals surface area contributed by atoms with Crippen molar-refractivity contribution >= 4 is 5.69 Å². The number of hydrogen-bond donors (Lipinski definition) is 1. The van der Waals surface area contributed by atoms with Crippen molar-refractivity contribution in [3.8, 4) is 0 Å². The minimum absolute atomic E-state index is 3.09. The van der Waals surface area contributed by atoms with Crippen LogP contribution in [0.3, 0.4) is 0 Å². The van der Waals surface area contributed by atoms with Gasteiger partial charge in [0.1, 0.15) is 0 Å². The molecule has 1 aromatic rings. The summed E-state index contributed by atoms with van der Waals surface area (Å²) in [6, 6.07) is 0. The molecule has 0 fully saturated rings. The fourth-order valence-corrected chi connectivity index (χ4v) is 2.28. The Hall–Kier alpha value is -2.45. The Kier molecular flexibility index (Phi) is 7.04. The third kappa shape index (κ3) is 3.59. The van der Waals surface area contributed by atoms with Crippen LogP contribution in [0.4, 0.5) is 97.9 Å². The molecular formula is C14H2F21N. The highest BCUT2D eigenvalue weighted by Gasteiger charge is 2.95.